The number of amides is 1. The number of primary amides is 1. The summed E-state index contributed by atoms with van der Waals surface area (Å²) in [6.45, 7) is 4.30. The molecule has 1 rings (SSSR count). The van der Waals surface area contributed by atoms with E-state index >= 15 is 0 Å². The molecule has 0 atom stereocenters. The Morgan fingerprint density at radius 1 is 1.33 bits per heavy atom. The molecule has 0 radical (unpaired) electrons. The zero-order valence-corrected chi connectivity index (χ0v) is 9.40. The molecule has 0 unspecified atom stereocenters. The number of unbranched alkanes of at least 4 members (excludes halogenated alkanes) is 1. The van der Waals surface area contributed by atoms with Crippen LogP contribution in [0.2, 0.25) is 0 Å². The third-order valence-electron chi connectivity index (χ3n) is 1.51. The number of benzene rings is 1. The van der Waals surface area contributed by atoms with E-state index in [9.17, 15) is 4.79 Å². The standard InChI is InChI=1S/C10H14O.C2H5NO/c1-2-3-9-11-10-7-5-4-6-8-10;1-2(3)4/h4-8H,2-3,9H2,1H3;1H3,(H2,3,4). The van der Waals surface area contributed by atoms with E-state index < -0.39 is 0 Å². The van der Waals surface area contributed by atoms with Gasteiger partial charge in [-0.2, -0.15) is 0 Å². The maximum absolute atomic E-state index is 9.22. The van der Waals surface area contributed by atoms with Crippen LogP contribution in [-0.2, 0) is 4.79 Å². The summed E-state index contributed by atoms with van der Waals surface area (Å²) in [7, 11) is 0. The molecular formula is C12H19NO2. The fraction of sp³-hybridized carbons (Fsp3) is 0.417. The molecule has 2 N–H and O–H groups in total. The summed E-state index contributed by atoms with van der Waals surface area (Å²) in [5, 5.41) is 0. The van der Waals surface area contributed by atoms with E-state index in [1.165, 1.54) is 13.3 Å². The van der Waals surface area contributed by atoms with Gasteiger partial charge in [0, 0.05) is 6.92 Å². The van der Waals surface area contributed by atoms with Crippen LogP contribution in [-0.4, -0.2) is 12.5 Å². The number of hydrogen-bond donors (Lipinski definition) is 1. The summed E-state index contributed by atoms with van der Waals surface area (Å²) in [6, 6.07) is 9.93. The molecule has 0 saturated heterocycles. The molecule has 15 heavy (non-hydrogen) atoms. The molecule has 0 aromatic heterocycles. The van der Waals surface area contributed by atoms with Crippen LogP contribution in [0.5, 0.6) is 5.75 Å². The van der Waals surface area contributed by atoms with Gasteiger partial charge >= 0.3 is 0 Å². The van der Waals surface area contributed by atoms with E-state index in [0.717, 1.165) is 18.8 Å². The van der Waals surface area contributed by atoms with Gasteiger partial charge in [0.05, 0.1) is 6.61 Å². The van der Waals surface area contributed by atoms with Crippen molar-refractivity contribution in [3.63, 3.8) is 0 Å². The van der Waals surface area contributed by atoms with Gasteiger partial charge in [0.15, 0.2) is 0 Å². The van der Waals surface area contributed by atoms with Gasteiger partial charge in [0.25, 0.3) is 0 Å². The number of carbonyl (C=O) groups is 1. The molecule has 0 spiro atoms. The van der Waals surface area contributed by atoms with Crippen LogP contribution in [0.15, 0.2) is 30.3 Å². The molecule has 0 aliphatic carbocycles. The zero-order chi connectivity index (χ0) is 11.5. The lowest BCUT2D eigenvalue weighted by Crippen LogP contribution is -2.01. The van der Waals surface area contributed by atoms with Crippen molar-refractivity contribution in [3.05, 3.63) is 30.3 Å². The van der Waals surface area contributed by atoms with Crippen molar-refractivity contribution >= 4 is 5.91 Å². The fourth-order valence-corrected chi connectivity index (χ4v) is 0.851. The Morgan fingerprint density at radius 3 is 2.33 bits per heavy atom. The first-order valence-corrected chi connectivity index (χ1v) is 5.10. The lowest BCUT2D eigenvalue weighted by atomic mass is 10.3. The highest BCUT2D eigenvalue weighted by Crippen LogP contribution is 2.08. The second-order valence-corrected chi connectivity index (χ2v) is 3.13. The second-order valence-electron chi connectivity index (χ2n) is 3.13. The average molecular weight is 209 g/mol. The molecule has 0 bridgehead atoms. The van der Waals surface area contributed by atoms with Gasteiger partial charge in [-0.1, -0.05) is 31.5 Å². The first kappa shape index (κ1) is 13.5. The Labute approximate surface area is 91.2 Å². The zero-order valence-electron chi connectivity index (χ0n) is 9.40. The normalized spacial score (nSPS) is 8.67. The maximum atomic E-state index is 9.22. The van der Waals surface area contributed by atoms with Crippen LogP contribution in [0.4, 0.5) is 0 Å². The molecule has 1 amide bonds. The summed E-state index contributed by atoms with van der Waals surface area (Å²) in [5.41, 5.74) is 4.47. The van der Waals surface area contributed by atoms with E-state index in [1.54, 1.807) is 0 Å². The summed E-state index contributed by atoms with van der Waals surface area (Å²) in [5.74, 6) is 0.640. The Morgan fingerprint density at radius 2 is 1.87 bits per heavy atom. The molecule has 3 nitrogen and oxygen atoms in total. The van der Waals surface area contributed by atoms with Crippen LogP contribution < -0.4 is 10.5 Å². The molecular weight excluding hydrogens is 190 g/mol. The van der Waals surface area contributed by atoms with Crippen molar-refractivity contribution in [1.82, 2.24) is 0 Å². The van der Waals surface area contributed by atoms with E-state index in [0.29, 0.717) is 0 Å². The van der Waals surface area contributed by atoms with Crippen molar-refractivity contribution < 1.29 is 9.53 Å². The number of para-hydroxylation sites is 1. The van der Waals surface area contributed by atoms with Crippen LogP contribution in [0, 0.1) is 0 Å². The minimum Gasteiger partial charge on any atom is -0.494 e. The smallest absolute Gasteiger partial charge is 0.214 e. The maximum Gasteiger partial charge on any atom is 0.214 e. The number of hydrogen-bond acceptors (Lipinski definition) is 2. The summed E-state index contributed by atoms with van der Waals surface area (Å²) in [4.78, 5) is 9.22. The molecule has 3 heteroatoms. The molecule has 0 saturated carbocycles. The van der Waals surface area contributed by atoms with Crippen LogP contribution in [0.25, 0.3) is 0 Å². The summed E-state index contributed by atoms with van der Waals surface area (Å²) < 4.78 is 5.45. The number of nitrogens with two attached hydrogens (primary N) is 1. The van der Waals surface area contributed by atoms with Crippen molar-refractivity contribution in [2.24, 2.45) is 5.73 Å². The Bertz CT molecular complexity index is 256. The Balaban J connectivity index is 0.000000423. The second kappa shape index (κ2) is 9.06. The van der Waals surface area contributed by atoms with Crippen LogP contribution in [0.3, 0.4) is 0 Å². The lowest BCUT2D eigenvalue weighted by Gasteiger charge is -2.03. The van der Waals surface area contributed by atoms with E-state index in [2.05, 4.69) is 12.7 Å². The highest BCUT2D eigenvalue weighted by molar-refractivity contribution is 5.70. The van der Waals surface area contributed by atoms with Gasteiger partial charge in [-0.15, -0.1) is 0 Å². The summed E-state index contributed by atoms with van der Waals surface area (Å²) in [6.07, 6.45) is 2.32. The molecule has 1 aromatic carbocycles. The Kier molecular flexibility index (Phi) is 8.15. The fourth-order valence-electron chi connectivity index (χ4n) is 0.851. The van der Waals surface area contributed by atoms with Crippen molar-refractivity contribution in [1.29, 1.82) is 0 Å². The molecule has 0 aliphatic rings. The highest BCUT2D eigenvalue weighted by Gasteiger charge is 1.88. The summed E-state index contributed by atoms with van der Waals surface area (Å²) >= 11 is 0. The van der Waals surface area contributed by atoms with Gasteiger partial charge in [0.1, 0.15) is 5.75 Å². The number of rotatable bonds is 4. The largest absolute Gasteiger partial charge is 0.494 e. The lowest BCUT2D eigenvalue weighted by molar-refractivity contribution is -0.115. The highest BCUT2D eigenvalue weighted by atomic mass is 16.5. The van der Waals surface area contributed by atoms with Gasteiger partial charge in [0.2, 0.25) is 5.91 Å². The first-order valence-electron chi connectivity index (χ1n) is 5.10. The van der Waals surface area contributed by atoms with Crippen LogP contribution >= 0.6 is 0 Å². The molecule has 0 aliphatic heterocycles. The molecule has 0 fully saturated rings. The predicted octanol–water partition coefficient (Wildman–Crippen LogP) is 2.36. The Hall–Kier alpha value is -1.51. The predicted molar refractivity (Wildman–Crippen MR) is 61.7 cm³/mol. The number of ether oxygens (including phenoxy) is 1. The van der Waals surface area contributed by atoms with E-state index in [1.807, 2.05) is 30.3 Å². The third-order valence-corrected chi connectivity index (χ3v) is 1.51. The average Bonchev–Trinajstić information content (AvgIpc) is 2.19. The molecule has 84 valence electrons. The molecule has 1 aromatic rings. The van der Waals surface area contributed by atoms with Gasteiger partial charge in [-0.3, -0.25) is 4.79 Å². The quantitative estimate of drug-likeness (QED) is 0.774. The van der Waals surface area contributed by atoms with Crippen LogP contribution in [0.1, 0.15) is 26.7 Å². The van der Waals surface area contributed by atoms with Gasteiger partial charge < -0.3 is 10.5 Å². The number of carbonyl (C=O) groups excluding carboxylic acids is 1. The van der Waals surface area contributed by atoms with Crippen molar-refractivity contribution in [2.75, 3.05) is 6.61 Å². The minimum absolute atomic E-state index is 0.333. The molecule has 0 heterocycles. The van der Waals surface area contributed by atoms with E-state index in [4.69, 9.17) is 4.74 Å². The monoisotopic (exact) mass is 209 g/mol. The van der Waals surface area contributed by atoms with Gasteiger partial charge in [-0.25, -0.2) is 0 Å². The SMILES string of the molecule is CC(N)=O.CCCCOc1ccccc1. The minimum atomic E-state index is -0.333. The topological polar surface area (TPSA) is 52.3 Å². The van der Waals surface area contributed by atoms with Gasteiger partial charge in [-0.05, 0) is 18.6 Å². The van der Waals surface area contributed by atoms with E-state index in [-0.39, 0.29) is 5.91 Å². The third kappa shape index (κ3) is 10.4. The first-order chi connectivity index (χ1) is 7.16. The van der Waals surface area contributed by atoms with Crippen molar-refractivity contribution in [2.45, 2.75) is 26.7 Å². The van der Waals surface area contributed by atoms with Crippen molar-refractivity contribution in [3.8, 4) is 5.75 Å².